The molecule has 0 unspecified atom stereocenters. The van der Waals surface area contributed by atoms with Gasteiger partial charge in [-0.3, -0.25) is 9.69 Å². The van der Waals surface area contributed by atoms with E-state index in [1.165, 1.54) is 5.56 Å². The molecule has 80 valence electrons. The van der Waals surface area contributed by atoms with Crippen LogP contribution < -0.4 is 0 Å². The van der Waals surface area contributed by atoms with Crippen molar-refractivity contribution < 1.29 is 4.79 Å². The normalized spacial score (nSPS) is 28.0. The average Bonchev–Trinajstić information content (AvgIpc) is 2.25. The van der Waals surface area contributed by atoms with Gasteiger partial charge in [0.05, 0.1) is 6.54 Å². The first-order chi connectivity index (χ1) is 7.18. The molecule has 0 radical (unpaired) electrons. The molecule has 1 aromatic carbocycles. The lowest BCUT2D eigenvalue weighted by molar-refractivity contribution is -0.124. The summed E-state index contributed by atoms with van der Waals surface area (Å²) in [7, 11) is 2.02. The van der Waals surface area contributed by atoms with Crippen LogP contribution in [0.25, 0.3) is 0 Å². The number of benzene rings is 1. The van der Waals surface area contributed by atoms with Gasteiger partial charge in [0.15, 0.2) is 5.78 Å². The van der Waals surface area contributed by atoms with Crippen molar-refractivity contribution in [1.29, 1.82) is 0 Å². The first kappa shape index (κ1) is 10.4. The molecule has 1 aromatic rings. The maximum Gasteiger partial charge on any atom is 0.154 e. The summed E-state index contributed by atoms with van der Waals surface area (Å²) in [6, 6.07) is 10.6. The van der Waals surface area contributed by atoms with Crippen LogP contribution in [0.2, 0.25) is 0 Å². The van der Waals surface area contributed by atoms with E-state index < -0.39 is 0 Å². The van der Waals surface area contributed by atoms with E-state index >= 15 is 0 Å². The summed E-state index contributed by atoms with van der Waals surface area (Å²) in [4.78, 5) is 14.0. The second kappa shape index (κ2) is 4.15. The summed E-state index contributed by atoms with van der Waals surface area (Å²) in [6.45, 7) is 2.77. The summed E-state index contributed by atoms with van der Waals surface area (Å²) in [5.74, 6) is 0.458. The molecule has 2 nitrogen and oxygen atoms in total. The molecule has 0 spiro atoms. The molecule has 2 heteroatoms. The summed E-state index contributed by atoms with van der Waals surface area (Å²) in [5, 5.41) is 0. The van der Waals surface area contributed by atoms with Gasteiger partial charge in [0.1, 0.15) is 0 Å². The number of ketones is 1. The first-order valence-electron chi connectivity index (χ1n) is 5.46. The van der Waals surface area contributed by atoms with Crippen LogP contribution in [0, 0.1) is 0 Å². The minimum atomic E-state index is 0.109. The van der Waals surface area contributed by atoms with Crippen molar-refractivity contribution in [1.82, 2.24) is 4.90 Å². The predicted octanol–water partition coefficient (Wildman–Crippen LogP) is 2.06. The minimum absolute atomic E-state index is 0.109. The lowest BCUT2D eigenvalue weighted by atomic mass is 9.85. The monoisotopic (exact) mass is 203 g/mol. The number of likely N-dealkylation sites (tertiary alicyclic amines) is 1. The number of carbonyl (C=O) groups excluding carboxylic acids is 1. The first-order valence-corrected chi connectivity index (χ1v) is 5.46. The topological polar surface area (TPSA) is 20.3 Å². The molecule has 1 aliphatic heterocycles. The summed E-state index contributed by atoms with van der Waals surface area (Å²) in [6.07, 6.45) is 0.944. The lowest BCUT2D eigenvalue weighted by Crippen LogP contribution is -2.43. The Bertz CT molecular complexity index is 347. The van der Waals surface area contributed by atoms with E-state index in [0.29, 0.717) is 18.4 Å². The van der Waals surface area contributed by atoms with Crippen molar-refractivity contribution in [3.63, 3.8) is 0 Å². The van der Waals surface area contributed by atoms with E-state index in [4.69, 9.17) is 0 Å². The SMILES string of the molecule is C[C@H]1C[C@@H](c2ccccc2)C(=O)CN1C. The van der Waals surface area contributed by atoms with E-state index in [1.54, 1.807) is 0 Å². The Kier molecular flexibility index (Phi) is 2.87. The fourth-order valence-electron chi connectivity index (χ4n) is 2.17. The van der Waals surface area contributed by atoms with Crippen molar-refractivity contribution in [2.45, 2.75) is 25.3 Å². The van der Waals surface area contributed by atoms with E-state index in [1.807, 2.05) is 25.2 Å². The maximum atomic E-state index is 11.9. The van der Waals surface area contributed by atoms with Gasteiger partial charge in [0.2, 0.25) is 0 Å². The van der Waals surface area contributed by atoms with Crippen LogP contribution >= 0.6 is 0 Å². The van der Waals surface area contributed by atoms with Crippen LogP contribution in [-0.2, 0) is 4.79 Å². The molecule has 1 fully saturated rings. The Morgan fingerprint density at radius 3 is 2.60 bits per heavy atom. The van der Waals surface area contributed by atoms with Crippen LogP contribution in [-0.4, -0.2) is 30.3 Å². The van der Waals surface area contributed by atoms with Crippen molar-refractivity contribution in [2.75, 3.05) is 13.6 Å². The third-order valence-corrected chi connectivity index (χ3v) is 3.33. The van der Waals surface area contributed by atoms with Crippen LogP contribution in [0.3, 0.4) is 0 Å². The van der Waals surface area contributed by atoms with Gasteiger partial charge in [-0.25, -0.2) is 0 Å². The Hall–Kier alpha value is -1.15. The van der Waals surface area contributed by atoms with Gasteiger partial charge in [-0.15, -0.1) is 0 Å². The quantitative estimate of drug-likeness (QED) is 0.696. The molecule has 0 bridgehead atoms. The molecule has 0 N–H and O–H groups in total. The van der Waals surface area contributed by atoms with E-state index in [2.05, 4.69) is 24.0 Å². The van der Waals surface area contributed by atoms with Gasteiger partial charge in [0.25, 0.3) is 0 Å². The molecule has 15 heavy (non-hydrogen) atoms. The molecule has 0 saturated carbocycles. The van der Waals surface area contributed by atoms with Crippen molar-refractivity contribution in [3.8, 4) is 0 Å². The summed E-state index contributed by atoms with van der Waals surface area (Å²) in [5.41, 5.74) is 1.17. The van der Waals surface area contributed by atoms with Gasteiger partial charge in [0, 0.05) is 12.0 Å². The molecule has 0 aromatic heterocycles. The number of likely N-dealkylation sites (N-methyl/N-ethyl adjacent to an activating group) is 1. The third-order valence-electron chi connectivity index (χ3n) is 3.33. The highest BCUT2D eigenvalue weighted by molar-refractivity contribution is 5.88. The van der Waals surface area contributed by atoms with Crippen LogP contribution in [0.4, 0.5) is 0 Å². The fraction of sp³-hybridized carbons (Fsp3) is 0.462. The Labute approximate surface area is 90.9 Å². The number of piperidine rings is 1. The Morgan fingerprint density at radius 2 is 1.93 bits per heavy atom. The van der Waals surface area contributed by atoms with Crippen molar-refractivity contribution in [3.05, 3.63) is 35.9 Å². The largest absolute Gasteiger partial charge is 0.298 e. The summed E-state index contributed by atoms with van der Waals surface area (Å²) >= 11 is 0. The van der Waals surface area contributed by atoms with Crippen molar-refractivity contribution >= 4 is 5.78 Å². The number of Topliss-reactive ketones (excluding diaryl/α,β-unsaturated/α-hetero) is 1. The number of rotatable bonds is 1. The minimum Gasteiger partial charge on any atom is -0.298 e. The standard InChI is InChI=1S/C13H17NO/c1-10-8-12(13(15)9-14(10)2)11-6-4-3-5-7-11/h3-7,10,12H,8-9H2,1-2H3/t10-,12-/m0/s1. The molecule has 1 aliphatic rings. The fourth-order valence-corrected chi connectivity index (χ4v) is 2.17. The molecule has 2 atom stereocenters. The highest BCUT2D eigenvalue weighted by Crippen LogP contribution is 2.27. The third kappa shape index (κ3) is 2.10. The van der Waals surface area contributed by atoms with Gasteiger partial charge < -0.3 is 0 Å². The molecule has 1 saturated heterocycles. The van der Waals surface area contributed by atoms with Gasteiger partial charge in [-0.05, 0) is 26.0 Å². The second-order valence-corrected chi connectivity index (χ2v) is 4.43. The van der Waals surface area contributed by atoms with Gasteiger partial charge in [-0.2, -0.15) is 0 Å². The highest BCUT2D eigenvalue weighted by Gasteiger charge is 2.30. The molecule has 0 amide bonds. The lowest BCUT2D eigenvalue weighted by Gasteiger charge is -2.34. The van der Waals surface area contributed by atoms with E-state index in [-0.39, 0.29) is 5.92 Å². The molecule has 2 rings (SSSR count). The van der Waals surface area contributed by atoms with Crippen LogP contribution in [0.1, 0.15) is 24.8 Å². The smallest absolute Gasteiger partial charge is 0.154 e. The van der Waals surface area contributed by atoms with Crippen LogP contribution in [0.5, 0.6) is 0 Å². The number of hydrogen-bond donors (Lipinski definition) is 0. The maximum absolute atomic E-state index is 11.9. The second-order valence-electron chi connectivity index (χ2n) is 4.43. The zero-order chi connectivity index (χ0) is 10.8. The number of hydrogen-bond acceptors (Lipinski definition) is 2. The molecule has 1 heterocycles. The molecular weight excluding hydrogens is 186 g/mol. The Balaban J connectivity index is 2.20. The van der Waals surface area contributed by atoms with Crippen LogP contribution in [0.15, 0.2) is 30.3 Å². The summed E-state index contributed by atoms with van der Waals surface area (Å²) < 4.78 is 0. The molecular formula is C13H17NO. The van der Waals surface area contributed by atoms with Crippen molar-refractivity contribution in [2.24, 2.45) is 0 Å². The zero-order valence-electron chi connectivity index (χ0n) is 9.31. The Morgan fingerprint density at radius 1 is 1.27 bits per heavy atom. The average molecular weight is 203 g/mol. The van der Waals surface area contributed by atoms with Gasteiger partial charge in [-0.1, -0.05) is 30.3 Å². The van der Waals surface area contributed by atoms with E-state index in [0.717, 1.165) is 6.42 Å². The molecule has 0 aliphatic carbocycles. The zero-order valence-corrected chi connectivity index (χ0v) is 9.31. The number of carbonyl (C=O) groups is 1. The highest BCUT2D eigenvalue weighted by atomic mass is 16.1. The predicted molar refractivity (Wildman–Crippen MR) is 60.9 cm³/mol. The van der Waals surface area contributed by atoms with E-state index in [9.17, 15) is 4.79 Å². The number of nitrogens with zero attached hydrogens (tertiary/aromatic N) is 1. The van der Waals surface area contributed by atoms with Gasteiger partial charge >= 0.3 is 0 Å².